The van der Waals surface area contributed by atoms with Crippen molar-refractivity contribution in [2.75, 3.05) is 0 Å². The number of rotatable bonds is 0. The van der Waals surface area contributed by atoms with Crippen LogP contribution in [0.5, 0.6) is 0 Å². The molecule has 0 atom stereocenters. The largest absolute Gasteiger partial charge is 0.693 e. The van der Waals surface area contributed by atoms with Gasteiger partial charge in [0.15, 0.2) is 0 Å². The van der Waals surface area contributed by atoms with E-state index in [1.807, 2.05) is 0 Å². The molecule has 0 bridgehead atoms. The van der Waals surface area contributed by atoms with Crippen LogP contribution in [0.3, 0.4) is 0 Å². The Hall–Kier alpha value is 1.23. The maximum Gasteiger partial charge on any atom is 0 e. The molecule has 0 saturated heterocycles. The van der Waals surface area contributed by atoms with Gasteiger partial charge in [0, 0.05) is 58.4 Å². The summed E-state index contributed by atoms with van der Waals surface area (Å²) in [4.78, 5) is 0. The van der Waals surface area contributed by atoms with Crippen LogP contribution in [0.25, 0.3) is 86.1 Å². The molecule has 0 aliphatic rings. The Morgan fingerprint density at radius 3 is 0.158 bits per heavy atom. The van der Waals surface area contributed by atoms with Gasteiger partial charge in [0.05, 0.1) is 0 Å². The van der Waals surface area contributed by atoms with Gasteiger partial charge in [-0.1, -0.05) is 0 Å². The first-order valence-electron chi connectivity index (χ1n) is 0. The van der Waals surface area contributed by atoms with Crippen molar-refractivity contribution < 1.29 is 69.4 Å². The van der Waals surface area contributed by atoms with Crippen molar-refractivity contribution in [2.24, 2.45) is 0 Å². The second-order valence-electron chi connectivity index (χ2n) is 0. The van der Waals surface area contributed by atoms with Gasteiger partial charge in [0.1, 0.15) is 0 Å². The average Bonchev–Trinajstić information content (AvgIpc) is 0. The quantitative estimate of drug-likeness (QED) is 0.250. The molecule has 0 aromatic carbocycles. The SMILES string of the molecule is O.O.[NH2-].[NH2-].[NH2-].[NH2-].[NH2-].[NH2-].[NH2-].[NH2-].[NH2-].[NH2-].[NH2-].[NH2-].[NH2-].[NH2-].[Ru].[Ru].[Ru]. The first-order chi connectivity index (χ1) is 0. The van der Waals surface area contributed by atoms with Crippen LogP contribution in [0.1, 0.15) is 0 Å². The summed E-state index contributed by atoms with van der Waals surface area (Å²) < 4.78 is 0. The van der Waals surface area contributed by atoms with E-state index in [1.54, 1.807) is 0 Å². The van der Waals surface area contributed by atoms with Gasteiger partial charge in [0.25, 0.3) is 0 Å². The van der Waals surface area contributed by atoms with Gasteiger partial charge >= 0.3 is 0 Å². The molecule has 0 saturated carbocycles. The maximum atomic E-state index is 0. The fourth-order valence-electron chi connectivity index (χ4n) is 0. The zero-order chi connectivity index (χ0) is 0. The van der Waals surface area contributed by atoms with Crippen LogP contribution >= 0.6 is 0 Å². The summed E-state index contributed by atoms with van der Waals surface area (Å²) >= 11 is 0. The molecule has 0 spiro atoms. The summed E-state index contributed by atoms with van der Waals surface area (Å²) in [5, 5.41) is 0. The van der Waals surface area contributed by atoms with E-state index in [4.69, 9.17) is 0 Å². The predicted octanol–water partition coefficient (Wildman–Crippen LogP) is 8.38. The maximum absolute atomic E-state index is 0. The smallest absolute Gasteiger partial charge is 0 e. The summed E-state index contributed by atoms with van der Waals surface area (Å²) in [6.07, 6.45) is 0. The second-order valence-corrected chi connectivity index (χ2v) is 0. The molecule has 0 amide bonds. The van der Waals surface area contributed by atoms with Crippen LogP contribution in [-0.2, 0) is 58.4 Å². The summed E-state index contributed by atoms with van der Waals surface area (Å²) in [5.74, 6) is 0. The third-order valence-corrected chi connectivity index (χ3v) is 0. The number of hydrogen-bond donors (Lipinski definition) is 0. The molecule has 0 unspecified atom stereocenters. The molecule has 19 heavy (non-hydrogen) atoms. The normalized spacial score (nSPS) is 0. The zero-order valence-electron chi connectivity index (χ0n) is 10.1. The van der Waals surface area contributed by atoms with Crippen LogP contribution in [0, 0.1) is 0 Å². The van der Waals surface area contributed by atoms with Crippen molar-refractivity contribution in [3.8, 4) is 0 Å². The topological polar surface area (TPSA) is 532 Å². The Bertz CT molecular complexity index is 20.7. The fourth-order valence-corrected chi connectivity index (χ4v) is 0. The summed E-state index contributed by atoms with van der Waals surface area (Å²) in [6.45, 7) is 0. The van der Waals surface area contributed by atoms with Crippen LogP contribution in [0.15, 0.2) is 0 Å². The van der Waals surface area contributed by atoms with E-state index >= 15 is 0 Å². The predicted molar refractivity (Wildman–Crippen MR) is 81.2 cm³/mol. The van der Waals surface area contributed by atoms with Crippen molar-refractivity contribution in [2.45, 2.75) is 0 Å². The molecule has 0 fully saturated rings. The van der Waals surface area contributed by atoms with Crippen molar-refractivity contribution in [3.05, 3.63) is 86.1 Å². The van der Waals surface area contributed by atoms with Crippen LogP contribution < -0.4 is 0 Å². The van der Waals surface area contributed by atoms with Gasteiger partial charge in [0.2, 0.25) is 0 Å². The molecule has 152 valence electrons. The van der Waals surface area contributed by atoms with Gasteiger partial charge in [-0.05, 0) is 0 Å². The van der Waals surface area contributed by atoms with E-state index in [2.05, 4.69) is 0 Å². The molecule has 0 heterocycles. The minimum Gasteiger partial charge on any atom is -0.693 e. The van der Waals surface area contributed by atoms with E-state index < -0.39 is 0 Å². The minimum absolute atomic E-state index is 0. The molecule has 16 nitrogen and oxygen atoms in total. The van der Waals surface area contributed by atoms with E-state index in [0.717, 1.165) is 0 Å². The fraction of sp³-hybridized carbons (Fsp3) is 0. The first-order valence-corrected chi connectivity index (χ1v) is 0. The summed E-state index contributed by atoms with van der Waals surface area (Å²) in [7, 11) is 0. The Balaban J connectivity index is 0. The van der Waals surface area contributed by atoms with Crippen molar-refractivity contribution in [3.63, 3.8) is 0 Å². The standard InChI is InChI=1S/14H2N.2H2O.3Ru/h16*1H2;;;/q14*-1;;;;;. The molecule has 32 N–H and O–H groups in total. The van der Waals surface area contributed by atoms with Crippen LogP contribution in [0.2, 0.25) is 0 Å². The third kappa shape index (κ3) is 3770. The van der Waals surface area contributed by atoms with Gasteiger partial charge in [-0.2, -0.15) is 0 Å². The third-order valence-electron chi connectivity index (χ3n) is 0. The molecule has 0 aromatic heterocycles. The Morgan fingerprint density at radius 1 is 0.158 bits per heavy atom. The molecule has 19 heteroatoms. The molecular weight excluding hydrogens is 531 g/mol. The molecule has 0 aromatic rings. The van der Waals surface area contributed by atoms with Gasteiger partial charge in [-0.3, -0.25) is 0 Å². The van der Waals surface area contributed by atoms with Crippen molar-refractivity contribution in [1.82, 2.24) is 0 Å². The molecule has 0 radical (unpaired) electrons. The average molecular weight is 564 g/mol. The van der Waals surface area contributed by atoms with Gasteiger partial charge in [-0.25, -0.2) is 0 Å². The molecule has 0 aliphatic carbocycles. The van der Waals surface area contributed by atoms with Crippen molar-refractivity contribution >= 4 is 0 Å². The molecule has 0 rings (SSSR count). The van der Waals surface area contributed by atoms with Crippen molar-refractivity contribution in [1.29, 1.82) is 0 Å². The first kappa shape index (κ1) is 4940. The molecule has 0 aliphatic heterocycles. The van der Waals surface area contributed by atoms with Gasteiger partial charge in [-0.15, -0.1) is 0 Å². The van der Waals surface area contributed by atoms with E-state index in [9.17, 15) is 0 Å². The monoisotopic (exact) mass is 566 g/mol. The Labute approximate surface area is 155 Å². The summed E-state index contributed by atoms with van der Waals surface area (Å²) in [6, 6.07) is 0. The Morgan fingerprint density at radius 2 is 0.158 bits per heavy atom. The minimum atomic E-state index is 0. The summed E-state index contributed by atoms with van der Waals surface area (Å²) in [5.41, 5.74) is 0. The van der Waals surface area contributed by atoms with E-state index in [1.165, 1.54) is 0 Å². The number of nitrogens with two attached hydrogens (primary N) is 14. The molecular formula is H32N14O2Ru3-14. The van der Waals surface area contributed by atoms with E-state index in [0.29, 0.717) is 0 Å². The Kier molecular flexibility index (Phi) is 1100000. The van der Waals surface area contributed by atoms with Gasteiger partial charge < -0.3 is 97.1 Å². The van der Waals surface area contributed by atoms with Crippen LogP contribution in [-0.4, -0.2) is 11.0 Å². The second kappa shape index (κ2) is 4220. The number of hydrogen-bond acceptors (Lipinski definition) is 0. The van der Waals surface area contributed by atoms with E-state index in [-0.39, 0.29) is 155 Å². The zero-order valence-corrected chi connectivity index (χ0v) is 15.4. The van der Waals surface area contributed by atoms with Crippen LogP contribution in [0.4, 0.5) is 0 Å².